The minimum Gasteiger partial charge on any atom is -0.461 e. The Hall–Kier alpha value is -4.37. The third kappa shape index (κ3) is 4.80. The van der Waals surface area contributed by atoms with Gasteiger partial charge in [0.25, 0.3) is 0 Å². The van der Waals surface area contributed by atoms with Gasteiger partial charge in [-0.05, 0) is 37.3 Å². The molecule has 0 atom stereocenters. The highest BCUT2D eigenvalue weighted by atomic mass is 32.1. The summed E-state index contributed by atoms with van der Waals surface area (Å²) in [6.07, 6.45) is 0.978. The Kier molecular flexibility index (Phi) is 6.32. The molecule has 0 radical (unpaired) electrons. The maximum Gasteiger partial charge on any atom is 0.412 e. The predicted molar refractivity (Wildman–Crippen MR) is 132 cm³/mol. The Morgan fingerprint density at radius 3 is 2.63 bits per heavy atom. The molecule has 0 fully saturated rings. The molecular formula is C26H21N3O5S. The molecule has 3 aromatic carbocycles. The molecule has 0 aliphatic rings. The number of benzene rings is 3. The summed E-state index contributed by atoms with van der Waals surface area (Å²) >= 11 is 1.45. The predicted octanol–water partition coefficient (Wildman–Crippen LogP) is 5.81. The summed E-state index contributed by atoms with van der Waals surface area (Å²) < 4.78 is 19.3. The average Bonchev–Trinajstić information content (AvgIpc) is 3.43. The molecule has 0 aliphatic carbocycles. The highest BCUT2D eigenvalue weighted by Crippen LogP contribution is 2.33. The van der Waals surface area contributed by atoms with E-state index < -0.39 is 12.1 Å². The van der Waals surface area contributed by atoms with Crippen LogP contribution in [0.4, 0.5) is 4.79 Å². The van der Waals surface area contributed by atoms with E-state index in [9.17, 15) is 9.59 Å². The maximum atomic E-state index is 12.3. The number of nitrogens with one attached hydrogen (secondary N) is 1. The second-order valence-corrected chi connectivity index (χ2v) is 8.49. The zero-order chi connectivity index (χ0) is 24.2. The summed E-state index contributed by atoms with van der Waals surface area (Å²) in [5.74, 6) is 1.29. The van der Waals surface area contributed by atoms with Crippen molar-refractivity contribution in [2.75, 3.05) is 6.61 Å². The summed E-state index contributed by atoms with van der Waals surface area (Å²) in [4.78, 5) is 29.5. The van der Waals surface area contributed by atoms with Crippen LogP contribution in [-0.4, -0.2) is 28.1 Å². The normalized spacial score (nSPS) is 10.9. The van der Waals surface area contributed by atoms with Gasteiger partial charge in [-0.2, -0.15) is 0 Å². The zero-order valence-electron chi connectivity index (χ0n) is 18.8. The first-order valence-electron chi connectivity index (χ1n) is 11.0. The van der Waals surface area contributed by atoms with Crippen LogP contribution in [0.2, 0.25) is 0 Å². The number of rotatable bonds is 7. The first-order chi connectivity index (χ1) is 17.1. The number of carbonyl (C=O) groups excluding carboxylic acids is 2. The first-order valence-corrected chi connectivity index (χ1v) is 11.8. The van der Waals surface area contributed by atoms with Gasteiger partial charge < -0.3 is 19.5 Å². The number of carbonyl (C=O) groups is 2. The van der Waals surface area contributed by atoms with Crippen molar-refractivity contribution in [1.82, 2.24) is 14.7 Å². The molecule has 0 aliphatic heterocycles. The third-order valence-corrected chi connectivity index (χ3v) is 6.18. The van der Waals surface area contributed by atoms with Crippen molar-refractivity contribution in [2.24, 2.45) is 0 Å². The van der Waals surface area contributed by atoms with Crippen LogP contribution < -0.4 is 14.8 Å². The SMILES string of the molecule is CCOC(=O)c1cnc2sc3cc(Oc4ccccc4CNC(=O)Oc4ccccc4)ccc3n12. The molecule has 0 spiro atoms. The largest absolute Gasteiger partial charge is 0.461 e. The van der Waals surface area contributed by atoms with Gasteiger partial charge in [0, 0.05) is 18.2 Å². The van der Waals surface area contributed by atoms with Gasteiger partial charge in [0.2, 0.25) is 0 Å². The van der Waals surface area contributed by atoms with Crippen molar-refractivity contribution in [3.63, 3.8) is 0 Å². The van der Waals surface area contributed by atoms with Crippen molar-refractivity contribution in [2.45, 2.75) is 13.5 Å². The van der Waals surface area contributed by atoms with Crippen LogP contribution >= 0.6 is 11.3 Å². The molecular weight excluding hydrogens is 466 g/mol. The molecule has 0 unspecified atom stereocenters. The minimum atomic E-state index is -0.549. The van der Waals surface area contributed by atoms with Gasteiger partial charge in [0.15, 0.2) is 10.7 Å². The highest BCUT2D eigenvalue weighted by Gasteiger charge is 2.18. The van der Waals surface area contributed by atoms with Gasteiger partial charge in [-0.3, -0.25) is 4.40 Å². The van der Waals surface area contributed by atoms with Crippen molar-refractivity contribution in [1.29, 1.82) is 0 Å². The number of hydrogen-bond acceptors (Lipinski definition) is 7. The topological polar surface area (TPSA) is 91.2 Å². The first kappa shape index (κ1) is 22.4. The number of esters is 1. The van der Waals surface area contributed by atoms with Gasteiger partial charge in [0.1, 0.15) is 17.2 Å². The molecule has 0 bridgehead atoms. The zero-order valence-corrected chi connectivity index (χ0v) is 19.6. The molecule has 8 nitrogen and oxygen atoms in total. The number of ether oxygens (including phenoxy) is 3. The number of aromatic nitrogens is 2. The molecule has 176 valence electrons. The quantitative estimate of drug-likeness (QED) is 0.292. The van der Waals surface area contributed by atoms with Gasteiger partial charge in [-0.15, -0.1) is 0 Å². The summed E-state index contributed by atoms with van der Waals surface area (Å²) in [5.41, 5.74) is 2.03. The Morgan fingerprint density at radius 1 is 1.00 bits per heavy atom. The monoisotopic (exact) mass is 487 g/mol. The molecule has 2 aromatic heterocycles. The Morgan fingerprint density at radius 2 is 1.80 bits per heavy atom. The molecule has 35 heavy (non-hydrogen) atoms. The van der Waals surface area contributed by atoms with E-state index in [1.165, 1.54) is 17.5 Å². The van der Waals surface area contributed by atoms with Crippen molar-refractivity contribution in [3.8, 4) is 17.2 Å². The number of nitrogens with zero attached hydrogens (tertiary/aromatic N) is 2. The number of fused-ring (bicyclic) bond motifs is 3. The molecule has 5 rings (SSSR count). The lowest BCUT2D eigenvalue weighted by Gasteiger charge is -2.12. The minimum absolute atomic E-state index is 0.236. The van der Waals surface area contributed by atoms with E-state index in [2.05, 4.69) is 10.3 Å². The van der Waals surface area contributed by atoms with E-state index in [-0.39, 0.29) is 6.54 Å². The fraction of sp³-hybridized carbons (Fsp3) is 0.115. The Bertz CT molecular complexity index is 1510. The lowest BCUT2D eigenvalue weighted by atomic mass is 10.2. The van der Waals surface area contributed by atoms with Gasteiger partial charge in [-0.1, -0.05) is 47.7 Å². The summed E-state index contributed by atoms with van der Waals surface area (Å²) in [6, 6.07) is 21.9. The molecule has 5 aromatic rings. The van der Waals surface area contributed by atoms with Gasteiger partial charge >= 0.3 is 12.1 Å². The van der Waals surface area contributed by atoms with Crippen LogP contribution in [0.3, 0.4) is 0 Å². The van der Waals surface area contributed by atoms with Crippen molar-refractivity contribution in [3.05, 3.63) is 90.3 Å². The molecule has 1 N–H and O–H groups in total. The van der Waals surface area contributed by atoms with Crippen LogP contribution in [0.25, 0.3) is 15.2 Å². The van der Waals surface area contributed by atoms with Crippen LogP contribution in [-0.2, 0) is 11.3 Å². The van der Waals surface area contributed by atoms with Crippen molar-refractivity contribution >= 4 is 38.6 Å². The third-order valence-electron chi connectivity index (χ3n) is 5.16. The number of para-hydroxylation sites is 2. The molecule has 1 amide bonds. The van der Waals surface area contributed by atoms with Crippen molar-refractivity contribution < 1.29 is 23.8 Å². The Balaban J connectivity index is 1.33. The van der Waals surface area contributed by atoms with Crippen LogP contribution in [0.5, 0.6) is 17.2 Å². The molecule has 2 heterocycles. The second kappa shape index (κ2) is 9.86. The summed E-state index contributed by atoms with van der Waals surface area (Å²) in [6.45, 7) is 2.30. The summed E-state index contributed by atoms with van der Waals surface area (Å²) in [5, 5.41) is 2.75. The Labute approximate surface area is 204 Å². The number of hydrogen-bond donors (Lipinski definition) is 1. The molecule has 0 saturated carbocycles. The number of amides is 1. The fourth-order valence-electron chi connectivity index (χ4n) is 3.59. The van der Waals surface area contributed by atoms with E-state index in [1.807, 2.05) is 48.5 Å². The van der Waals surface area contributed by atoms with Crippen LogP contribution in [0, 0.1) is 0 Å². The number of thiazole rings is 1. The molecule has 0 saturated heterocycles. The van der Waals surface area contributed by atoms with Crippen LogP contribution in [0.15, 0.2) is 79.0 Å². The highest BCUT2D eigenvalue weighted by molar-refractivity contribution is 7.23. The van der Waals surface area contributed by atoms with E-state index in [1.54, 1.807) is 35.6 Å². The lowest BCUT2D eigenvalue weighted by Crippen LogP contribution is -2.26. The van der Waals surface area contributed by atoms with E-state index >= 15 is 0 Å². The number of imidazole rings is 1. The molecule has 9 heteroatoms. The fourth-order valence-corrected chi connectivity index (χ4v) is 4.62. The average molecular weight is 488 g/mol. The van der Waals surface area contributed by atoms with Gasteiger partial charge in [-0.25, -0.2) is 14.6 Å². The second-order valence-electron chi connectivity index (χ2n) is 7.48. The standard InChI is InChI=1S/C26H21N3O5S/c1-2-32-24(30)21-16-27-25-29(21)20-13-12-19(14-23(20)35-25)33-22-11-7-6-8-17(22)15-28-26(31)34-18-9-4-3-5-10-18/h3-14,16H,2,15H2,1H3,(H,28,31). The van der Waals surface area contributed by atoms with E-state index in [0.717, 1.165) is 15.8 Å². The summed E-state index contributed by atoms with van der Waals surface area (Å²) in [7, 11) is 0. The van der Waals surface area contributed by atoms with Gasteiger partial charge in [0.05, 0.1) is 23.0 Å². The van der Waals surface area contributed by atoms with Crippen LogP contribution in [0.1, 0.15) is 23.0 Å². The maximum absolute atomic E-state index is 12.3. The van der Waals surface area contributed by atoms with E-state index in [0.29, 0.717) is 34.5 Å². The smallest absolute Gasteiger partial charge is 0.412 e. The van der Waals surface area contributed by atoms with E-state index in [4.69, 9.17) is 14.2 Å². The lowest BCUT2D eigenvalue weighted by molar-refractivity contribution is 0.0518.